The Labute approximate surface area is 184 Å². The molecule has 0 radical (unpaired) electrons. The number of rotatable bonds is 6. The maximum Gasteiger partial charge on any atom is 0.257 e. The molecule has 1 saturated heterocycles. The lowest BCUT2D eigenvalue weighted by atomic mass is 10.2. The van der Waals surface area contributed by atoms with Crippen LogP contribution < -0.4 is 4.74 Å². The van der Waals surface area contributed by atoms with Crippen molar-refractivity contribution in [1.82, 2.24) is 24.8 Å². The number of para-hydroxylation sites is 1. The first-order valence-electron chi connectivity index (χ1n) is 10.5. The van der Waals surface area contributed by atoms with Crippen LogP contribution in [0.4, 0.5) is 0 Å². The highest BCUT2D eigenvalue weighted by atomic mass is 16.5. The Hall–Kier alpha value is -3.72. The van der Waals surface area contributed by atoms with E-state index in [9.17, 15) is 4.79 Å². The van der Waals surface area contributed by atoms with Crippen LogP contribution in [-0.4, -0.2) is 57.5 Å². The van der Waals surface area contributed by atoms with Gasteiger partial charge in [-0.25, -0.2) is 0 Å². The highest BCUT2D eigenvalue weighted by Gasteiger charge is 2.29. The van der Waals surface area contributed by atoms with E-state index in [1.54, 1.807) is 12.0 Å². The normalized spacial score (nSPS) is 16.4. The molecule has 9 heteroatoms. The van der Waals surface area contributed by atoms with Crippen LogP contribution in [0.3, 0.4) is 0 Å². The van der Waals surface area contributed by atoms with Gasteiger partial charge in [0.2, 0.25) is 11.7 Å². The predicted octanol–water partition coefficient (Wildman–Crippen LogP) is 3.09. The number of ether oxygens (including phenoxy) is 2. The van der Waals surface area contributed by atoms with Crippen LogP contribution in [-0.2, 0) is 16.1 Å². The van der Waals surface area contributed by atoms with Gasteiger partial charge in [-0.05, 0) is 30.3 Å². The lowest BCUT2D eigenvalue weighted by Crippen LogP contribution is -2.42. The lowest BCUT2D eigenvalue weighted by Gasteiger charge is -2.31. The van der Waals surface area contributed by atoms with Gasteiger partial charge < -0.3 is 18.9 Å². The highest BCUT2D eigenvalue weighted by Crippen LogP contribution is 2.25. The van der Waals surface area contributed by atoms with E-state index in [1.807, 2.05) is 59.4 Å². The Morgan fingerprint density at radius 1 is 1.19 bits per heavy atom. The molecular weight excluding hydrogens is 410 g/mol. The fourth-order valence-corrected chi connectivity index (χ4v) is 3.81. The molecule has 0 bridgehead atoms. The Morgan fingerprint density at radius 2 is 2.03 bits per heavy atom. The second-order valence-electron chi connectivity index (χ2n) is 7.56. The van der Waals surface area contributed by atoms with Gasteiger partial charge in [-0.1, -0.05) is 23.4 Å². The molecule has 1 aliphatic heterocycles. The molecule has 0 unspecified atom stereocenters. The van der Waals surface area contributed by atoms with Gasteiger partial charge in [0.05, 0.1) is 38.5 Å². The molecule has 2 aromatic heterocycles. The number of benzene rings is 2. The van der Waals surface area contributed by atoms with E-state index < -0.39 is 6.10 Å². The van der Waals surface area contributed by atoms with Crippen molar-refractivity contribution >= 4 is 16.8 Å². The molecule has 0 N–H and O–H groups in total. The third kappa shape index (κ3) is 4.06. The zero-order valence-electron chi connectivity index (χ0n) is 17.7. The van der Waals surface area contributed by atoms with E-state index >= 15 is 0 Å². The van der Waals surface area contributed by atoms with Gasteiger partial charge >= 0.3 is 0 Å². The number of methoxy groups -OCH3 is 1. The summed E-state index contributed by atoms with van der Waals surface area (Å²) in [6.07, 6.45) is 1.73. The van der Waals surface area contributed by atoms with E-state index in [4.69, 9.17) is 14.0 Å². The predicted molar refractivity (Wildman–Crippen MR) is 116 cm³/mol. The molecule has 32 heavy (non-hydrogen) atoms. The van der Waals surface area contributed by atoms with Crippen LogP contribution >= 0.6 is 0 Å². The van der Waals surface area contributed by atoms with Crippen LogP contribution in [0.25, 0.3) is 22.3 Å². The number of morpholine rings is 1. The summed E-state index contributed by atoms with van der Waals surface area (Å²) >= 11 is 0. The molecule has 1 amide bonds. The minimum atomic E-state index is -0.447. The summed E-state index contributed by atoms with van der Waals surface area (Å²) < 4.78 is 18.3. The minimum Gasteiger partial charge on any atom is -0.497 e. The number of amides is 1. The van der Waals surface area contributed by atoms with Gasteiger partial charge in [0.1, 0.15) is 5.75 Å². The molecule has 0 saturated carbocycles. The Bertz CT molecular complexity index is 1220. The van der Waals surface area contributed by atoms with Crippen molar-refractivity contribution in [2.75, 3.05) is 26.8 Å². The van der Waals surface area contributed by atoms with Crippen LogP contribution in [0.2, 0.25) is 0 Å². The van der Waals surface area contributed by atoms with Crippen molar-refractivity contribution in [3.05, 3.63) is 60.6 Å². The van der Waals surface area contributed by atoms with Crippen molar-refractivity contribution in [2.24, 2.45) is 0 Å². The molecule has 1 atom stereocenters. The van der Waals surface area contributed by atoms with Gasteiger partial charge in [0.15, 0.2) is 6.10 Å². The second-order valence-corrected chi connectivity index (χ2v) is 7.56. The van der Waals surface area contributed by atoms with E-state index in [1.165, 1.54) is 0 Å². The summed E-state index contributed by atoms with van der Waals surface area (Å²) in [7, 11) is 1.62. The quantitative estimate of drug-likeness (QED) is 0.461. The van der Waals surface area contributed by atoms with Gasteiger partial charge in [-0.2, -0.15) is 10.1 Å². The molecule has 1 fully saturated rings. The standard InChI is InChI=1S/C23H23N5O4/c1-30-18-8-6-16(7-9-18)22-25-23(32-26-22)20-15-27(12-13-31-20)21(29)10-11-28-19-5-3-2-4-17(19)14-24-28/h2-9,14,20H,10-13,15H2,1H3/t20-/m0/s1. The zero-order valence-corrected chi connectivity index (χ0v) is 17.7. The van der Waals surface area contributed by atoms with E-state index in [0.29, 0.717) is 44.4 Å². The summed E-state index contributed by atoms with van der Waals surface area (Å²) in [4.78, 5) is 19.1. The first kappa shape index (κ1) is 20.2. The van der Waals surface area contributed by atoms with E-state index in [0.717, 1.165) is 22.2 Å². The molecule has 1 aliphatic rings. The average Bonchev–Trinajstić information content (AvgIpc) is 3.50. The number of aryl methyl sites for hydroxylation is 1. The molecule has 164 valence electrons. The molecule has 9 nitrogen and oxygen atoms in total. The average molecular weight is 433 g/mol. The third-order valence-electron chi connectivity index (χ3n) is 5.57. The third-order valence-corrected chi connectivity index (χ3v) is 5.57. The molecule has 5 rings (SSSR count). The van der Waals surface area contributed by atoms with Gasteiger partial charge in [0, 0.05) is 23.9 Å². The number of hydrogen-bond donors (Lipinski definition) is 0. The fraction of sp³-hybridized carbons (Fsp3) is 0.304. The number of aromatic nitrogens is 4. The van der Waals surface area contributed by atoms with Gasteiger partial charge in [-0.3, -0.25) is 9.48 Å². The lowest BCUT2D eigenvalue weighted by molar-refractivity contribution is -0.140. The molecular formula is C23H23N5O4. The molecule has 4 aromatic rings. The molecule has 3 heterocycles. The van der Waals surface area contributed by atoms with Crippen LogP contribution in [0.1, 0.15) is 18.4 Å². The smallest absolute Gasteiger partial charge is 0.257 e. The summed E-state index contributed by atoms with van der Waals surface area (Å²) in [6.45, 7) is 1.86. The van der Waals surface area contributed by atoms with Crippen molar-refractivity contribution in [3.63, 3.8) is 0 Å². The maximum absolute atomic E-state index is 12.8. The van der Waals surface area contributed by atoms with Gasteiger partial charge in [0.25, 0.3) is 5.89 Å². The number of carbonyl (C=O) groups excluding carboxylic acids is 1. The Kier molecular flexibility index (Phi) is 5.55. The maximum atomic E-state index is 12.8. The Balaban J connectivity index is 1.22. The first-order valence-corrected chi connectivity index (χ1v) is 10.5. The number of hydrogen-bond acceptors (Lipinski definition) is 7. The summed E-state index contributed by atoms with van der Waals surface area (Å²) in [6, 6.07) is 15.4. The minimum absolute atomic E-state index is 0.0489. The summed E-state index contributed by atoms with van der Waals surface area (Å²) in [5.74, 6) is 1.64. The number of carbonyl (C=O) groups is 1. The second kappa shape index (κ2) is 8.80. The van der Waals surface area contributed by atoms with Crippen LogP contribution in [0, 0.1) is 0 Å². The molecule has 2 aromatic carbocycles. The topological polar surface area (TPSA) is 95.5 Å². The summed E-state index contributed by atoms with van der Waals surface area (Å²) in [5.41, 5.74) is 1.84. The van der Waals surface area contributed by atoms with Crippen molar-refractivity contribution in [1.29, 1.82) is 0 Å². The Morgan fingerprint density at radius 3 is 2.88 bits per heavy atom. The van der Waals surface area contributed by atoms with Crippen molar-refractivity contribution < 1.29 is 18.8 Å². The van der Waals surface area contributed by atoms with E-state index in [2.05, 4.69) is 15.2 Å². The largest absolute Gasteiger partial charge is 0.497 e. The fourth-order valence-electron chi connectivity index (χ4n) is 3.81. The highest BCUT2D eigenvalue weighted by molar-refractivity contribution is 5.79. The number of nitrogens with zero attached hydrogens (tertiary/aromatic N) is 5. The SMILES string of the molecule is COc1ccc(-c2noc([C@@H]3CN(C(=O)CCn4ncc5ccccc54)CCO3)n2)cc1. The molecule has 0 aliphatic carbocycles. The number of fused-ring (bicyclic) bond motifs is 1. The monoisotopic (exact) mass is 433 g/mol. The van der Waals surface area contributed by atoms with E-state index in [-0.39, 0.29) is 5.91 Å². The van der Waals surface area contributed by atoms with Crippen molar-refractivity contribution in [2.45, 2.75) is 19.1 Å². The van der Waals surface area contributed by atoms with Crippen LogP contribution in [0.5, 0.6) is 5.75 Å². The first-order chi connectivity index (χ1) is 15.7. The van der Waals surface area contributed by atoms with Gasteiger partial charge in [-0.15, -0.1) is 0 Å². The molecule has 0 spiro atoms. The zero-order chi connectivity index (χ0) is 21.9. The van der Waals surface area contributed by atoms with Crippen LogP contribution in [0.15, 0.2) is 59.3 Å². The summed E-state index contributed by atoms with van der Waals surface area (Å²) in [5, 5.41) is 9.53. The van der Waals surface area contributed by atoms with Crippen molar-refractivity contribution in [3.8, 4) is 17.1 Å².